The number of hydrogen-bond donors (Lipinski definition) is 2. The number of anilines is 2. The fourth-order valence-electron chi connectivity index (χ4n) is 1.88. The van der Waals surface area contributed by atoms with E-state index in [1.165, 1.54) is 18.2 Å². The van der Waals surface area contributed by atoms with Crippen molar-refractivity contribution in [1.82, 2.24) is 4.98 Å². The van der Waals surface area contributed by atoms with E-state index >= 15 is 0 Å². The van der Waals surface area contributed by atoms with Gasteiger partial charge in [-0.25, -0.2) is 9.18 Å². The molecule has 0 aliphatic carbocycles. The van der Waals surface area contributed by atoms with Crippen LogP contribution in [0, 0.1) is 5.82 Å². The van der Waals surface area contributed by atoms with Gasteiger partial charge in [0.25, 0.3) is 0 Å². The molecule has 0 fully saturated rings. The number of ether oxygens (including phenoxy) is 1. The van der Waals surface area contributed by atoms with Gasteiger partial charge in [0.1, 0.15) is 11.4 Å². The summed E-state index contributed by atoms with van der Waals surface area (Å²) in [6, 6.07) is 7.81. The van der Waals surface area contributed by atoms with E-state index in [0.29, 0.717) is 17.9 Å². The van der Waals surface area contributed by atoms with Crippen molar-refractivity contribution >= 4 is 17.5 Å². The molecule has 1 aromatic carbocycles. The molecule has 0 saturated heterocycles. The highest BCUT2D eigenvalue weighted by Gasteiger charge is 2.17. The van der Waals surface area contributed by atoms with E-state index in [4.69, 9.17) is 4.74 Å². The van der Waals surface area contributed by atoms with Gasteiger partial charge in [0.2, 0.25) is 0 Å². The summed E-state index contributed by atoms with van der Waals surface area (Å²) in [7, 11) is 0. The molecular formula is C17H20FN3O2. The van der Waals surface area contributed by atoms with E-state index < -0.39 is 17.5 Å². The monoisotopic (exact) mass is 317 g/mol. The minimum absolute atomic E-state index is 0.392. The van der Waals surface area contributed by atoms with Crippen LogP contribution >= 0.6 is 0 Å². The Morgan fingerprint density at radius 2 is 1.87 bits per heavy atom. The van der Waals surface area contributed by atoms with E-state index in [-0.39, 0.29) is 0 Å². The normalized spacial score (nSPS) is 11.0. The van der Waals surface area contributed by atoms with Gasteiger partial charge in [0, 0.05) is 18.9 Å². The Morgan fingerprint density at radius 1 is 1.17 bits per heavy atom. The second kappa shape index (κ2) is 7.09. The van der Waals surface area contributed by atoms with Gasteiger partial charge in [-0.1, -0.05) is 0 Å². The molecular weight excluding hydrogens is 297 g/mol. The molecule has 5 nitrogen and oxygen atoms in total. The maximum atomic E-state index is 13.5. The summed E-state index contributed by atoms with van der Waals surface area (Å²) in [5, 5.41) is 5.73. The molecule has 0 bridgehead atoms. The molecule has 0 saturated carbocycles. The van der Waals surface area contributed by atoms with Crippen molar-refractivity contribution < 1.29 is 13.9 Å². The van der Waals surface area contributed by atoms with Crippen molar-refractivity contribution in [1.29, 1.82) is 0 Å². The summed E-state index contributed by atoms with van der Waals surface area (Å²) in [5.41, 5.74) is 1.32. The number of rotatable bonds is 4. The van der Waals surface area contributed by atoms with Crippen molar-refractivity contribution in [2.24, 2.45) is 0 Å². The lowest BCUT2D eigenvalue weighted by atomic mass is 10.2. The molecule has 0 aliphatic heterocycles. The Bertz CT molecular complexity index is 669. The van der Waals surface area contributed by atoms with Crippen molar-refractivity contribution in [3.63, 3.8) is 0 Å². The zero-order valence-corrected chi connectivity index (χ0v) is 13.4. The number of pyridine rings is 1. The number of hydrogen-bond acceptors (Lipinski definition) is 4. The fraction of sp³-hybridized carbons (Fsp3) is 0.294. The number of carbonyl (C=O) groups is 1. The first-order valence-corrected chi connectivity index (χ1v) is 7.26. The number of halogens is 1. The predicted octanol–water partition coefficient (Wildman–Crippen LogP) is 4.18. The van der Waals surface area contributed by atoms with Gasteiger partial charge >= 0.3 is 6.09 Å². The van der Waals surface area contributed by atoms with Crippen molar-refractivity contribution in [3.8, 4) is 0 Å². The topological polar surface area (TPSA) is 63.2 Å². The van der Waals surface area contributed by atoms with Gasteiger partial charge < -0.3 is 10.1 Å². The largest absolute Gasteiger partial charge is 0.444 e. The molecule has 6 heteroatoms. The molecule has 1 amide bonds. The van der Waals surface area contributed by atoms with Crippen LogP contribution in [0.2, 0.25) is 0 Å². The quantitative estimate of drug-likeness (QED) is 0.888. The molecule has 122 valence electrons. The van der Waals surface area contributed by atoms with Crippen LogP contribution in [-0.2, 0) is 11.3 Å². The number of amides is 1. The van der Waals surface area contributed by atoms with Gasteiger partial charge in [-0.3, -0.25) is 10.3 Å². The lowest BCUT2D eigenvalue weighted by molar-refractivity contribution is 0.0636. The second-order valence-electron chi connectivity index (χ2n) is 6.03. The van der Waals surface area contributed by atoms with Crippen LogP contribution in [0.25, 0.3) is 0 Å². The van der Waals surface area contributed by atoms with Gasteiger partial charge in [0.15, 0.2) is 0 Å². The van der Waals surface area contributed by atoms with Crippen molar-refractivity contribution in [2.45, 2.75) is 32.9 Å². The lowest BCUT2D eigenvalue weighted by Gasteiger charge is -2.20. The summed E-state index contributed by atoms with van der Waals surface area (Å²) in [5.74, 6) is -0.392. The molecule has 23 heavy (non-hydrogen) atoms. The lowest BCUT2D eigenvalue weighted by Crippen LogP contribution is -2.27. The Labute approximate surface area is 134 Å². The van der Waals surface area contributed by atoms with Gasteiger partial charge in [-0.05, 0) is 56.7 Å². The number of benzene rings is 1. The SMILES string of the molecule is CC(C)(C)OC(=O)Nc1ccc(F)cc1NCc1ccncc1. The summed E-state index contributed by atoms with van der Waals surface area (Å²) in [6.07, 6.45) is 2.78. The van der Waals surface area contributed by atoms with Crippen LogP contribution in [0.3, 0.4) is 0 Å². The molecule has 2 rings (SSSR count). The molecule has 0 unspecified atom stereocenters. The molecule has 2 N–H and O–H groups in total. The van der Waals surface area contributed by atoms with Crippen LogP contribution in [0.1, 0.15) is 26.3 Å². The number of nitrogens with one attached hydrogen (secondary N) is 2. The highest BCUT2D eigenvalue weighted by Crippen LogP contribution is 2.24. The Hall–Kier alpha value is -2.63. The predicted molar refractivity (Wildman–Crippen MR) is 87.8 cm³/mol. The zero-order chi connectivity index (χ0) is 16.9. The first-order valence-electron chi connectivity index (χ1n) is 7.26. The molecule has 1 heterocycles. The van der Waals surface area contributed by atoms with Crippen molar-refractivity contribution in [3.05, 3.63) is 54.1 Å². The Kier molecular flexibility index (Phi) is 5.16. The molecule has 0 aliphatic rings. The van der Waals surface area contributed by atoms with Crippen LogP contribution in [-0.4, -0.2) is 16.7 Å². The van der Waals surface area contributed by atoms with E-state index in [9.17, 15) is 9.18 Å². The number of carbonyl (C=O) groups excluding carboxylic acids is 1. The average Bonchev–Trinajstić information content (AvgIpc) is 2.46. The molecule has 2 aromatic rings. The zero-order valence-electron chi connectivity index (χ0n) is 13.4. The smallest absolute Gasteiger partial charge is 0.412 e. The third kappa shape index (κ3) is 5.58. The maximum absolute atomic E-state index is 13.5. The first-order chi connectivity index (χ1) is 10.8. The second-order valence-corrected chi connectivity index (χ2v) is 6.03. The summed E-state index contributed by atoms with van der Waals surface area (Å²) in [4.78, 5) is 15.8. The van der Waals surface area contributed by atoms with Crippen LogP contribution < -0.4 is 10.6 Å². The van der Waals surface area contributed by atoms with E-state index in [2.05, 4.69) is 15.6 Å². The van der Waals surface area contributed by atoms with E-state index in [0.717, 1.165) is 5.56 Å². The van der Waals surface area contributed by atoms with Gasteiger partial charge in [-0.2, -0.15) is 0 Å². The summed E-state index contributed by atoms with van der Waals surface area (Å²) < 4.78 is 18.7. The summed E-state index contributed by atoms with van der Waals surface area (Å²) in [6.45, 7) is 5.81. The molecule has 0 spiro atoms. The molecule has 0 radical (unpaired) electrons. The molecule has 0 atom stereocenters. The van der Waals surface area contributed by atoms with E-state index in [1.807, 2.05) is 12.1 Å². The Morgan fingerprint density at radius 3 is 2.52 bits per heavy atom. The maximum Gasteiger partial charge on any atom is 0.412 e. The minimum atomic E-state index is -0.602. The Balaban J connectivity index is 2.09. The third-order valence-electron chi connectivity index (χ3n) is 2.85. The van der Waals surface area contributed by atoms with Gasteiger partial charge in [0.05, 0.1) is 11.4 Å². The van der Waals surface area contributed by atoms with Crippen LogP contribution in [0.5, 0.6) is 0 Å². The summed E-state index contributed by atoms with van der Waals surface area (Å²) >= 11 is 0. The highest BCUT2D eigenvalue weighted by atomic mass is 19.1. The standard InChI is InChI=1S/C17H20FN3O2/c1-17(2,3)23-16(22)21-14-5-4-13(18)10-15(14)20-11-12-6-8-19-9-7-12/h4-10,20H,11H2,1-3H3,(H,21,22). The highest BCUT2D eigenvalue weighted by molar-refractivity contribution is 5.89. The van der Waals surface area contributed by atoms with E-state index in [1.54, 1.807) is 33.2 Å². The number of aromatic nitrogens is 1. The van der Waals surface area contributed by atoms with Crippen molar-refractivity contribution in [2.75, 3.05) is 10.6 Å². The van der Waals surface area contributed by atoms with Crippen LogP contribution in [0.15, 0.2) is 42.7 Å². The first kappa shape index (κ1) is 16.7. The van der Waals surface area contributed by atoms with Crippen LogP contribution in [0.4, 0.5) is 20.6 Å². The fourth-order valence-corrected chi connectivity index (χ4v) is 1.88. The molecule has 1 aromatic heterocycles. The average molecular weight is 317 g/mol. The third-order valence-corrected chi connectivity index (χ3v) is 2.85. The van der Waals surface area contributed by atoms with Gasteiger partial charge in [-0.15, -0.1) is 0 Å². The number of nitrogens with zero attached hydrogens (tertiary/aromatic N) is 1. The minimum Gasteiger partial charge on any atom is -0.444 e.